The first-order chi connectivity index (χ1) is 28.5. The van der Waals surface area contributed by atoms with Gasteiger partial charge in [-0.3, -0.25) is 0 Å². The molecule has 0 aliphatic heterocycles. The highest BCUT2D eigenvalue weighted by atomic mass is 32.1. The fourth-order valence-electron chi connectivity index (χ4n) is 8.72. The van der Waals surface area contributed by atoms with Crippen LogP contribution in [0.4, 0.5) is 0 Å². The molecule has 0 aliphatic carbocycles. The topological polar surface area (TPSA) is 43.9 Å². The molecule has 286 valence electrons. The summed E-state index contributed by atoms with van der Waals surface area (Å²) in [7, 11) is 0. The molecule has 0 atom stereocenters. The smallest absolute Gasteiger partial charge is 0.160 e. The zero-order valence-corrected chi connectivity index (χ0v) is 34.9. The van der Waals surface area contributed by atoms with Gasteiger partial charge < -0.3 is 8.98 Å². The summed E-state index contributed by atoms with van der Waals surface area (Å²) in [6.45, 7) is 13.7. The van der Waals surface area contributed by atoms with Crippen molar-refractivity contribution < 1.29 is 4.42 Å². The van der Waals surface area contributed by atoms with Crippen molar-refractivity contribution in [2.24, 2.45) is 0 Å². The van der Waals surface area contributed by atoms with E-state index in [-0.39, 0.29) is 10.8 Å². The first kappa shape index (κ1) is 35.6. The Morgan fingerprint density at radius 2 is 1.08 bits per heavy atom. The van der Waals surface area contributed by atoms with Crippen molar-refractivity contribution in [2.75, 3.05) is 0 Å². The number of fused-ring (bicyclic) bond motifs is 10. The van der Waals surface area contributed by atoms with E-state index in [1.807, 2.05) is 11.3 Å². The Labute approximate surface area is 347 Å². The van der Waals surface area contributed by atoms with Crippen LogP contribution in [-0.2, 0) is 10.8 Å². The lowest BCUT2D eigenvalue weighted by Gasteiger charge is -2.26. The van der Waals surface area contributed by atoms with Gasteiger partial charge in [-0.25, -0.2) is 9.97 Å². The van der Waals surface area contributed by atoms with Crippen LogP contribution in [0.2, 0.25) is 0 Å². The third-order valence-electron chi connectivity index (χ3n) is 11.9. The van der Waals surface area contributed by atoms with Crippen molar-refractivity contribution >= 4 is 75.3 Å². The van der Waals surface area contributed by atoms with Crippen LogP contribution in [0.15, 0.2) is 156 Å². The number of furan rings is 1. The minimum Gasteiger partial charge on any atom is -0.456 e. The number of nitrogens with zero attached hydrogens (tertiary/aromatic N) is 3. The van der Waals surface area contributed by atoms with Crippen LogP contribution in [0.1, 0.15) is 52.7 Å². The normalized spacial score (nSPS) is 12.6. The van der Waals surface area contributed by atoms with Crippen molar-refractivity contribution in [3.8, 4) is 39.6 Å². The molecule has 0 saturated heterocycles. The molecule has 59 heavy (non-hydrogen) atoms. The van der Waals surface area contributed by atoms with Crippen LogP contribution in [0, 0.1) is 0 Å². The quantitative estimate of drug-likeness (QED) is 0.179. The van der Waals surface area contributed by atoms with E-state index in [0.717, 1.165) is 61.2 Å². The zero-order chi connectivity index (χ0) is 40.2. The van der Waals surface area contributed by atoms with E-state index in [2.05, 4.69) is 198 Å². The number of hydrogen-bond donors (Lipinski definition) is 0. The number of rotatable bonds is 4. The van der Waals surface area contributed by atoms with Gasteiger partial charge >= 0.3 is 0 Å². The molecule has 5 heteroatoms. The molecular weight excluding hydrogens is 739 g/mol. The number of para-hydroxylation sites is 2. The van der Waals surface area contributed by atoms with Gasteiger partial charge in [0.15, 0.2) is 5.82 Å². The van der Waals surface area contributed by atoms with Gasteiger partial charge in [0.05, 0.1) is 22.4 Å². The van der Waals surface area contributed by atoms with Crippen molar-refractivity contribution in [1.82, 2.24) is 14.5 Å². The van der Waals surface area contributed by atoms with E-state index in [0.29, 0.717) is 5.82 Å². The molecule has 7 aromatic carbocycles. The first-order valence-corrected chi connectivity index (χ1v) is 21.2. The third kappa shape index (κ3) is 5.86. The summed E-state index contributed by atoms with van der Waals surface area (Å²) in [5.74, 6) is 0.709. The minimum absolute atomic E-state index is 0.0587. The average molecular weight is 782 g/mol. The van der Waals surface area contributed by atoms with Gasteiger partial charge in [-0.15, -0.1) is 11.3 Å². The van der Waals surface area contributed by atoms with E-state index in [9.17, 15) is 0 Å². The third-order valence-corrected chi connectivity index (χ3v) is 13.0. The summed E-state index contributed by atoms with van der Waals surface area (Å²) < 4.78 is 11.4. The van der Waals surface area contributed by atoms with Crippen LogP contribution in [-0.4, -0.2) is 14.5 Å². The van der Waals surface area contributed by atoms with Crippen LogP contribution >= 0.6 is 11.3 Å². The molecule has 0 saturated carbocycles. The van der Waals surface area contributed by atoms with Gasteiger partial charge in [0.25, 0.3) is 0 Å². The van der Waals surface area contributed by atoms with Crippen molar-refractivity contribution in [2.45, 2.75) is 52.4 Å². The van der Waals surface area contributed by atoms with Crippen molar-refractivity contribution in [3.05, 3.63) is 163 Å². The Kier molecular flexibility index (Phi) is 7.83. The molecule has 4 aromatic heterocycles. The highest BCUT2D eigenvalue weighted by Gasteiger charge is 2.23. The first-order valence-electron chi connectivity index (χ1n) is 20.4. The second-order valence-corrected chi connectivity index (χ2v) is 19.0. The number of aromatic nitrogens is 3. The molecule has 11 aromatic rings. The summed E-state index contributed by atoms with van der Waals surface area (Å²) in [5, 5.41) is 7.18. The monoisotopic (exact) mass is 781 g/mol. The molecule has 11 rings (SSSR count). The van der Waals surface area contributed by atoms with E-state index >= 15 is 0 Å². The van der Waals surface area contributed by atoms with Crippen LogP contribution in [0.5, 0.6) is 0 Å². The largest absolute Gasteiger partial charge is 0.456 e. The summed E-state index contributed by atoms with van der Waals surface area (Å²) in [4.78, 5) is 10.9. The molecule has 0 spiro atoms. The highest BCUT2D eigenvalue weighted by Crippen LogP contribution is 2.44. The standard InChI is InChI=1S/C54H43N3OS/c1-53(2,3)35-26-34(27-36(30-35)54(4,5)6)52-55-42(32-21-23-46-41(28-32)50-47(58-46)24-25-49-51(50)40-17-11-13-19-48(40)59-49)31-43(56-52)33-20-22-39-38-16-10-12-18-44(38)57(45(39)29-33)37-14-8-7-9-15-37/h7-31H,1-6H3. The molecule has 4 nitrogen and oxygen atoms in total. The fourth-order valence-corrected chi connectivity index (χ4v) is 9.84. The summed E-state index contributed by atoms with van der Waals surface area (Å²) in [6.07, 6.45) is 0. The Hall–Kier alpha value is -6.56. The van der Waals surface area contributed by atoms with Crippen LogP contribution < -0.4 is 0 Å². The van der Waals surface area contributed by atoms with Crippen molar-refractivity contribution in [1.29, 1.82) is 0 Å². The lowest BCUT2D eigenvalue weighted by atomic mass is 9.79. The lowest BCUT2D eigenvalue weighted by Crippen LogP contribution is -2.16. The molecule has 0 N–H and O–H groups in total. The molecule has 0 radical (unpaired) electrons. The molecule has 4 heterocycles. The van der Waals surface area contributed by atoms with Crippen molar-refractivity contribution in [3.63, 3.8) is 0 Å². The van der Waals surface area contributed by atoms with E-state index in [1.54, 1.807) is 0 Å². The average Bonchev–Trinajstić information content (AvgIpc) is 3.91. The maximum atomic E-state index is 6.53. The minimum atomic E-state index is -0.0587. The Morgan fingerprint density at radius 3 is 1.83 bits per heavy atom. The fraction of sp³-hybridized carbons (Fsp3) is 0.148. The Balaban J connectivity index is 1.18. The van der Waals surface area contributed by atoms with Crippen LogP contribution in [0.25, 0.3) is 104 Å². The van der Waals surface area contributed by atoms with Crippen LogP contribution in [0.3, 0.4) is 0 Å². The molecule has 0 aliphatic rings. The van der Waals surface area contributed by atoms with E-state index in [1.165, 1.54) is 47.6 Å². The van der Waals surface area contributed by atoms with E-state index < -0.39 is 0 Å². The maximum absolute atomic E-state index is 6.53. The molecular formula is C54H43N3OS. The zero-order valence-electron chi connectivity index (χ0n) is 34.1. The lowest BCUT2D eigenvalue weighted by molar-refractivity contribution is 0.569. The van der Waals surface area contributed by atoms with Gasteiger partial charge in [-0.2, -0.15) is 0 Å². The molecule has 0 amide bonds. The second kappa shape index (κ2) is 13.0. The highest BCUT2D eigenvalue weighted by molar-refractivity contribution is 7.26. The summed E-state index contributed by atoms with van der Waals surface area (Å²) >= 11 is 1.83. The van der Waals surface area contributed by atoms with Gasteiger partial charge in [0.1, 0.15) is 11.2 Å². The summed E-state index contributed by atoms with van der Waals surface area (Å²) in [6, 6.07) is 54.7. The Bertz CT molecular complexity index is 3430. The predicted molar refractivity (Wildman–Crippen MR) is 250 cm³/mol. The number of thiophene rings is 1. The van der Waals surface area contributed by atoms with Gasteiger partial charge in [0, 0.05) is 64.1 Å². The Morgan fingerprint density at radius 1 is 0.458 bits per heavy atom. The van der Waals surface area contributed by atoms with Gasteiger partial charge in [-0.1, -0.05) is 114 Å². The summed E-state index contributed by atoms with van der Waals surface area (Å²) in [5.41, 5.74) is 12.4. The number of benzene rings is 7. The molecule has 0 bridgehead atoms. The second-order valence-electron chi connectivity index (χ2n) is 17.9. The van der Waals surface area contributed by atoms with E-state index in [4.69, 9.17) is 14.4 Å². The molecule has 0 fully saturated rings. The molecule has 0 unspecified atom stereocenters. The van der Waals surface area contributed by atoms with Gasteiger partial charge in [0.2, 0.25) is 0 Å². The SMILES string of the molecule is CC(C)(C)c1cc(-c2nc(-c3ccc4oc5ccc6sc7ccccc7c6c5c4c3)cc(-c3ccc4c5ccccc5n(-c5ccccc5)c4c3)n2)cc(C(C)(C)C)c1. The van der Waals surface area contributed by atoms with Gasteiger partial charge in [-0.05, 0) is 101 Å². The predicted octanol–water partition coefficient (Wildman–Crippen LogP) is 15.4. The maximum Gasteiger partial charge on any atom is 0.160 e. The number of hydrogen-bond acceptors (Lipinski definition) is 4.